The number of benzene rings is 2. The lowest BCUT2D eigenvalue weighted by Gasteiger charge is -2.33. The summed E-state index contributed by atoms with van der Waals surface area (Å²) in [5.41, 5.74) is 4.57. The summed E-state index contributed by atoms with van der Waals surface area (Å²) in [6.07, 6.45) is 3.39. The van der Waals surface area contributed by atoms with Crippen LogP contribution < -0.4 is 0 Å². The standard InChI is InChI=1S/C27H34N4OS/c1-19-10-6-7-12-23(19)31-25(21-13-15-22(16-14-21)27(3,4)5)28-29-26(31)33-18-24(32)30-17-9-8-11-20(30)2/h6-7,10,12-16,20H,8-9,11,17-18H2,1-5H3/t20-/m0/s1. The number of para-hydroxylation sites is 1. The van der Waals surface area contributed by atoms with Gasteiger partial charge in [0.25, 0.3) is 0 Å². The van der Waals surface area contributed by atoms with Gasteiger partial charge in [0.05, 0.1) is 11.4 Å². The summed E-state index contributed by atoms with van der Waals surface area (Å²) in [5.74, 6) is 1.35. The van der Waals surface area contributed by atoms with Crippen molar-refractivity contribution in [2.75, 3.05) is 12.3 Å². The fraction of sp³-hybridized carbons (Fsp3) is 0.444. The number of piperidine rings is 1. The number of aromatic nitrogens is 3. The van der Waals surface area contributed by atoms with Gasteiger partial charge in [-0.25, -0.2) is 0 Å². The largest absolute Gasteiger partial charge is 0.339 e. The van der Waals surface area contributed by atoms with E-state index < -0.39 is 0 Å². The lowest BCUT2D eigenvalue weighted by atomic mass is 9.87. The Labute approximate surface area is 201 Å². The molecular weight excluding hydrogens is 428 g/mol. The van der Waals surface area contributed by atoms with E-state index in [9.17, 15) is 4.79 Å². The molecule has 0 N–H and O–H groups in total. The van der Waals surface area contributed by atoms with Gasteiger partial charge < -0.3 is 4.90 Å². The number of carbonyl (C=O) groups excluding carboxylic acids is 1. The van der Waals surface area contributed by atoms with E-state index in [4.69, 9.17) is 0 Å². The van der Waals surface area contributed by atoms with Crippen LogP contribution in [0.25, 0.3) is 17.1 Å². The van der Waals surface area contributed by atoms with Crippen molar-refractivity contribution in [1.29, 1.82) is 0 Å². The van der Waals surface area contributed by atoms with E-state index in [0.29, 0.717) is 11.8 Å². The normalized spacial score (nSPS) is 16.8. The Hall–Kier alpha value is -2.60. The van der Waals surface area contributed by atoms with Gasteiger partial charge in [0.2, 0.25) is 5.91 Å². The average Bonchev–Trinajstić information content (AvgIpc) is 3.21. The zero-order chi connectivity index (χ0) is 23.6. The van der Waals surface area contributed by atoms with Crippen molar-refractivity contribution in [3.8, 4) is 17.1 Å². The minimum absolute atomic E-state index is 0.0924. The molecule has 0 aliphatic carbocycles. The molecule has 1 atom stereocenters. The Kier molecular flexibility index (Phi) is 6.94. The molecule has 2 aromatic carbocycles. The second-order valence-electron chi connectivity index (χ2n) is 9.98. The summed E-state index contributed by atoms with van der Waals surface area (Å²) in [6, 6.07) is 17.1. The Balaban J connectivity index is 1.66. The molecule has 1 aliphatic heterocycles. The molecule has 3 aromatic rings. The molecular formula is C27H34N4OS. The van der Waals surface area contributed by atoms with Gasteiger partial charge >= 0.3 is 0 Å². The quantitative estimate of drug-likeness (QED) is 0.434. The van der Waals surface area contributed by atoms with Gasteiger partial charge in [-0.1, -0.05) is 75.0 Å². The second-order valence-corrected chi connectivity index (χ2v) is 10.9. The van der Waals surface area contributed by atoms with Crippen molar-refractivity contribution in [3.05, 3.63) is 59.7 Å². The van der Waals surface area contributed by atoms with Crippen LogP contribution in [-0.2, 0) is 10.2 Å². The maximum atomic E-state index is 13.0. The molecule has 1 aliphatic rings. The van der Waals surface area contributed by atoms with Crippen LogP contribution in [0.15, 0.2) is 53.7 Å². The van der Waals surface area contributed by atoms with Gasteiger partial charge in [0.1, 0.15) is 0 Å². The molecule has 0 unspecified atom stereocenters. The first kappa shape index (κ1) is 23.6. The Morgan fingerprint density at radius 3 is 2.45 bits per heavy atom. The zero-order valence-electron chi connectivity index (χ0n) is 20.3. The molecule has 2 heterocycles. The van der Waals surface area contributed by atoms with E-state index >= 15 is 0 Å². The van der Waals surface area contributed by atoms with Gasteiger partial charge in [0.15, 0.2) is 11.0 Å². The molecule has 0 radical (unpaired) electrons. The maximum absolute atomic E-state index is 13.0. The highest BCUT2D eigenvalue weighted by molar-refractivity contribution is 7.99. The van der Waals surface area contributed by atoms with E-state index in [2.05, 4.69) is 85.8 Å². The topological polar surface area (TPSA) is 51.0 Å². The highest BCUT2D eigenvalue weighted by atomic mass is 32.2. The van der Waals surface area contributed by atoms with Crippen LogP contribution in [0.4, 0.5) is 0 Å². The number of thioether (sulfide) groups is 1. The number of likely N-dealkylation sites (tertiary alicyclic amines) is 1. The number of hydrogen-bond acceptors (Lipinski definition) is 4. The molecule has 1 amide bonds. The third-order valence-corrected chi connectivity index (χ3v) is 7.36. The van der Waals surface area contributed by atoms with Crippen molar-refractivity contribution in [1.82, 2.24) is 19.7 Å². The Bertz CT molecular complexity index is 1110. The summed E-state index contributed by atoms with van der Waals surface area (Å²) in [5, 5.41) is 9.84. The van der Waals surface area contributed by atoms with Crippen molar-refractivity contribution in [2.45, 2.75) is 70.5 Å². The van der Waals surface area contributed by atoms with Gasteiger partial charge in [0, 0.05) is 18.2 Å². The van der Waals surface area contributed by atoms with E-state index in [1.54, 1.807) is 0 Å². The number of amides is 1. The average molecular weight is 463 g/mol. The maximum Gasteiger partial charge on any atom is 0.233 e. The molecule has 33 heavy (non-hydrogen) atoms. The smallest absolute Gasteiger partial charge is 0.233 e. The highest BCUT2D eigenvalue weighted by Crippen LogP contribution is 2.31. The molecule has 1 fully saturated rings. The predicted molar refractivity (Wildman–Crippen MR) is 136 cm³/mol. The number of nitrogens with zero attached hydrogens (tertiary/aromatic N) is 4. The van der Waals surface area contributed by atoms with Gasteiger partial charge in [-0.05, 0) is 55.7 Å². The number of aryl methyl sites for hydroxylation is 1. The molecule has 1 aromatic heterocycles. The van der Waals surface area contributed by atoms with E-state index in [1.807, 2.05) is 17.0 Å². The van der Waals surface area contributed by atoms with Gasteiger partial charge in [-0.2, -0.15) is 0 Å². The van der Waals surface area contributed by atoms with Crippen LogP contribution in [0.2, 0.25) is 0 Å². The second kappa shape index (κ2) is 9.72. The molecule has 4 rings (SSSR count). The summed E-state index contributed by atoms with van der Waals surface area (Å²) in [4.78, 5) is 15.0. The van der Waals surface area contributed by atoms with Gasteiger partial charge in [-0.3, -0.25) is 9.36 Å². The first-order valence-corrected chi connectivity index (χ1v) is 12.8. The number of rotatable bonds is 5. The molecule has 0 bridgehead atoms. The third kappa shape index (κ3) is 5.16. The molecule has 0 spiro atoms. The van der Waals surface area contributed by atoms with E-state index in [1.165, 1.54) is 23.7 Å². The SMILES string of the molecule is Cc1ccccc1-n1c(SCC(=O)N2CCCC[C@@H]2C)nnc1-c1ccc(C(C)(C)C)cc1. The van der Waals surface area contributed by atoms with Crippen LogP contribution in [0.1, 0.15) is 58.1 Å². The fourth-order valence-corrected chi connectivity index (χ4v) is 5.21. The van der Waals surface area contributed by atoms with Crippen LogP contribution in [0.3, 0.4) is 0 Å². The summed E-state index contributed by atoms with van der Waals surface area (Å²) < 4.78 is 2.10. The van der Waals surface area contributed by atoms with Crippen LogP contribution in [0, 0.1) is 6.92 Å². The summed E-state index contributed by atoms with van der Waals surface area (Å²) in [7, 11) is 0. The lowest BCUT2D eigenvalue weighted by molar-refractivity contribution is -0.131. The fourth-order valence-electron chi connectivity index (χ4n) is 4.38. The first-order valence-electron chi connectivity index (χ1n) is 11.8. The summed E-state index contributed by atoms with van der Waals surface area (Å²) in [6.45, 7) is 11.7. The number of carbonyl (C=O) groups is 1. The Morgan fingerprint density at radius 2 is 1.79 bits per heavy atom. The monoisotopic (exact) mass is 462 g/mol. The van der Waals surface area contributed by atoms with Crippen molar-refractivity contribution >= 4 is 17.7 Å². The lowest BCUT2D eigenvalue weighted by Crippen LogP contribution is -2.42. The van der Waals surface area contributed by atoms with E-state index in [0.717, 1.165) is 47.2 Å². The Morgan fingerprint density at radius 1 is 1.06 bits per heavy atom. The molecule has 5 nitrogen and oxygen atoms in total. The minimum atomic E-state index is 0.0924. The van der Waals surface area contributed by atoms with Crippen LogP contribution >= 0.6 is 11.8 Å². The minimum Gasteiger partial charge on any atom is -0.339 e. The van der Waals surface area contributed by atoms with Crippen molar-refractivity contribution < 1.29 is 4.79 Å². The van der Waals surface area contributed by atoms with Crippen molar-refractivity contribution in [2.24, 2.45) is 0 Å². The van der Waals surface area contributed by atoms with Gasteiger partial charge in [-0.15, -0.1) is 10.2 Å². The predicted octanol–water partition coefficient (Wildman–Crippen LogP) is 6.03. The summed E-state index contributed by atoms with van der Waals surface area (Å²) >= 11 is 1.48. The highest BCUT2D eigenvalue weighted by Gasteiger charge is 2.25. The van der Waals surface area contributed by atoms with Crippen molar-refractivity contribution in [3.63, 3.8) is 0 Å². The molecule has 6 heteroatoms. The zero-order valence-corrected chi connectivity index (χ0v) is 21.2. The molecule has 174 valence electrons. The van der Waals surface area contributed by atoms with Crippen LogP contribution in [-0.4, -0.2) is 43.9 Å². The van der Waals surface area contributed by atoms with E-state index in [-0.39, 0.29) is 11.3 Å². The van der Waals surface area contributed by atoms with Crippen LogP contribution in [0.5, 0.6) is 0 Å². The molecule has 0 saturated carbocycles. The number of hydrogen-bond donors (Lipinski definition) is 0. The molecule has 1 saturated heterocycles. The first-order chi connectivity index (χ1) is 15.8. The third-order valence-electron chi connectivity index (χ3n) is 6.45.